The van der Waals surface area contributed by atoms with Crippen LogP contribution in [-0.2, 0) is 17.9 Å². The van der Waals surface area contributed by atoms with Gasteiger partial charge in [0.1, 0.15) is 5.75 Å². The summed E-state index contributed by atoms with van der Waals surface area (Å²) in [5, 5.41) is 12.2. The van der Waals surface area contributed by atoms with Crippen molar-refractivity contribution < 1.29 is 9.53 Å². The van der Waals surface area contributed by atoms with Gasteiger partial charge in [0.05, 0.1) is 48.9 Å². The minimum atomic E-state index is -0.151. The predicted octanol–water partition coefficient (Wildman–Crippen LogP) is 3.90. The number of carbonyl (C=O) groups excluding carboxylic acids is 1. The van der Waals surface area contributed by atoms with Crippen molar-refractivity contribution in [2.75, 3.05) is 20.2 Å². The fourth-order valence-corrected chi connectivity index (χ4v) is 4.55. The van der Waals surface area contributed by atoms with E-state index >= 15 is 0 Å². The number of nitrogens with zero attached hydrogens (tertiary/aromatic N) is 4. The van der Waals surface area contributed by atoms with E-state index in [-0.39, 0.29) is 17.9 Å². The Labute approximate surface area is 201 Å². The Hall–Kier alpha value is -3.63. The van der Waals surface area contributed by atoms with Crippen LogP contribution >= 0.6 is 0 Å². The summed E-state index contributed by atoms with van der Waals surface area (Å²) in [6.07, 6.45) is 5.50. The third-order valence-corrected chi connectivity index (χ3v) is 6.40. The summed E-state index contributed by atoms with van der Waals surface area (Å²) >= 11 is 0. The number of likely N-dealkylation sites (tertiary alicyclic amines) is 1. The lowest BCUT2D eigenvalue weighted by atomic mass is 9.96. The molecule has 0 aliphatic carbocycles. The van der Waals surface area contributed by atoms with E-state index < -0.39 is 0 Å². The molecule has 1 unspecified atom stereocenters. The Bertz CT molecular complexity index is 1150. The third kappa shape index (κ3) is 5.83. The Morgan fingerprint density at radius 1 is 1.24 bits per heavy atom. The number of rotatable bonds is 8. The van der Waals surface area contributed by atoms with Crippen molar-refractivity contribution in [2.45, 2.75) is 38.9 Å². The number of ether oxygens (including phenoxy) is 1. The molecular weight excluding hydrogens is 426 g/mol. The van der Waals surface area contributed by atoms with E-state index in [0.717, 1.165) is 49.5 Å². The molecular formula is C27H31N5O2. The van der Waals surface area contributed by atoms with Crippen molar-refractivity contribution in [3.05, 3.63) is 83.4 Å². The van der Waals surface area contributed by atoms with E-state index in [2.05, 4.69) is 33.4 Å². The normalized spacial score (nSPS) is 17.0. The Balaban J connectivity index is 1.35. The number of amides is 1. The minimum Gasteiger partial charge on any atom is -0.497 e. The number of benzene rings is 2. The molecule has 1 aliphatic rings. The van der Waals surface area contributed by atoms with Crippen LogP contribution in [0.5, 0.6) is 5.75 Å². The van der Waals surface area contributed by atoms with Crippen LogP contribution in [0.1, 0.15) is 48.2 Å². The summed E-state index contributed by atoms with van der Waals surface area (Å²) in [6, 6.07) is 17.6. The van der Waals surface area contributed by atoms with E-state index in [9.17, 15) is 4.79 Å². The number of aromatic nitrogens is 2. The van der Waals surface area contributed by atoms with Crippen LogP contribution < -0.4 is 10.1 Å². The van der Waals surface area contributed by atoms with E-state index in [1.54, 1.807) is 13.4 Å². The van der Waals surface area contributed by atoms with Crippen LogP contribution in [0.15, 0.2) is 61.1 Å². The molecule has 0 bridgehead atoms. The highest BCUT2D eigenvalue weighted by atomic mass is 16.5. The first kappa shape index (κ1) is 23.5. The highest BCUT2D eigenvalue weighted by molar-refractivity contribution is 5.79. The second-order valence-electron chi connectivity index (χ2n) is 8.91. The molecule has 1 aromatic heterocycles. The summed E-state index contributed by atoms with van der Waals surface area (Å²) in [5.74, 6) is 0.918. The zero-order valence-corrected chi connectivity index (χ0v) is 19.8. The second kappa shape index (κ2) is 11.0. The van der Waals surface area contributed by atoms with Gasteiger partial charge >= 0.3 is 0 Å². The van der Waals surface area contributed by atoms with Crippen LogP contribution in [0.2, 0.25) is 0 Å². The van der Waals surface area contributed by atoms with Crippen LogP contribution in [0.4, 0.5) is 0 Å². The molecule has 2 heterocycles. The van der Waals surface area contributed by atoms with Gasteiger partial charge in [0.2, 0.25) is 5.91 Å². The molecule has 2 atom stereocenters. The highest BCUT2D eigenvalue weighted by Gasteiger charge is 2.27. The average Bonchev–Trinajstić information content (AvgIpc) is 3.33. The molecule has 0 saturated carbocycles. The lowest BCUT2D eigenvalue weighted by Gasteiger charge is -2.32. The number of nitrogens with one attached hydrogen (secondary N) is 1. The molecule has 2 aromatic carbocycles. The molecule has 4 rings (SSSR count). The smallest absolute Gasteiger partial charge is 0.224 e. The largest absolute Gasteiger partial charge is 0.497 e. The van der Waals surface area contributed by atoms with Gasteiger partial charge in [0.15, 0.2) is 0 Å². The summed E-state index contributed by atoms with van der Waals surface area (Å²) < 4.78 is 7.38. The molecule has 1 fully saturated rings. The zero-order valence-electron chi connectivity index (χ0n) is 19.8. The Kier molecular flexibility index (Phi) is 7.61. The van der Waals surface area contributed by atoms with Gasteiger partial charge in [-0.1, -0.05) is 24.3 Å². The van der Waals surface area contributed by atoms with Crippen molar-refractivity contribution in [1.29, 1.82) is 5.26 Å². The first-order valence-electron chi connectivity index (χ1n) is 11.7. The van der Waals surface area contributed by atoms with E-state index in [1.807, 2.05) is 54.1 Å². The van der Waals surface area contributed by atoms with Gasteiger partial charge in [-0.2, -0.15) is 5.26 Å². The zero-order chi connectivity index (χ0) is 23.9. The quantitative estimate of drug-likeness (QED) is 0.555. The van der Waals surface area contributed by atoms with Gasteiger partial charge in [-0.05, 0) is 61.7 Å². The maximum absolute atomic E-state index is 13.1. The van der Waals surface area contributed by atoms with Crippen molar-refractivity contribution in [1.82, 2.24) is 19.8 Å². The van der Waals surface area contributed by atoms with Crippen LogP contribution in [0.3, 0.4) is 0 Å². The molecule has 34 heavy (non-hydrogen) atoms. The van der Waals surface area contributed by atoms with Gasteiger partial charge in [-0.3, -0.25) is 9.69 Å². The lowest BCUT2D eigenvalue weighted by molar-refractivity contribution is -0.127. The number of carbonyl (C=O) groups is 1. The molecule has 1 amide bonds. The van der Waals surface area contributed by atoms with Gasteiger partial charge < -0.3 is 14.6 Å². The minimum absolute atomic E-state index is 0.0308. The van der Waals surface area contributed by atoms with E-state index in [0.29, 0.717) is 12.1 Å². The van der Waals surface area contributed by atoms with Crippen LogP contribution in [-0.4, -0.2) is 40.6 Å². The number of nitriles is 1. The molecule has 3 aromatic rings. The fraction of sp³-hybridized carbons (Fsp3) is 0.370. The highest BCUT2D eigenvalue weighted by Crippen LogP contribution is 2.22. The number of methoxy groups -OCH3 is 1. The number of imidazole rings is 1. The Morgan fingerprint density at radius 2 is 2.06 bits per heavy atom. The molecule has 0 radical (unpaired) electrons. The predicted molar refractivity (Wildman–Crippen MR) is 130 cm³/mol. The summed E-state index contributed by atoms with van der Waals surface area (Å²) in [7, 11) is 1.68. The molecule has 1 aliphatic heterocycles. The molecule has 1 N–H and O–H groups in total. The fourth-order valence-electron chi connectivity index (χ4n) is 4.55. The maximum Gasteiger partial charge on any atom is 0.224 e. The summed E-state index contributed by atoms with van der Waals surface area (Å²) in [5.41, 5.74) is 3.88. The summed E-state index contributed by atoms with van der Waals surface area (Å²) in [4.78, 5) is 19.8. The van der Waals surface area contributed by atoms with Crippen molar-refractivity contribution in [2.24, 2.45) is 5.92 Å². The van der Waals surface area contributed by atoms with Crippen LogP contribution in [0.25, 0.3) is 0 Å². The maximum atomic E-state index is 13.1. The number of hydrogen-bond acceptors (Lipinski definition) is 5. The Morgan fingerprint density at radius 3 is 2.82 bits per heavy atom. The standard InChI is InChI=1S/C27H31N5O2/c1-20(26-15-29-19-32(26)17-22-10-8-21(14-28)9-11-22)30-27(33)24-6-4-12-31(18-24)16-23-5-3-7-25(13-23)34-2/h3,5,7-11,13,15,19-20,24H,4,6,12,16-18H2,1-2H3,(H,30,33)/t20-,24?/m0/s1. The van der Waals surface area contributed by atoms with Gasteiger partial charge in [-0.25, -0.2) is 4.98 Å². The molecule has 0 spiro atoms. The first-order chi connectivity index (χ1) is 16.6. The third-order valence-electron chi connectivity index (χ3n) is 6.40. The first-order valence-corrected chi connectivity index (χ1v) is 11.7. The monoisotopic (exact) mass is 457 g/mol. The number of piperidine rings is 1. The van der Waals surface area contributed by atoms with Crippen LogP contribution in [0, 0.1) is 17.2 Å². The lowest BCUT2D eigenvalue weighted by Crippen LogP contribution is -2.43. The topological polar surface area (TPSA) is 83.2 Å². The van der Waals surface area contributed by atoms with Gasteiger partial charge in [0.25, 0.3) is 0 Å². The van der Waals surface area contributed by atoms with Gasteiger partial charge in [0, 0.05) is 19.6 Å². The van der Waals surface area contributed by atoms with Crippen molar-refractivity contribution in [3.8, 4) is 11.8 Å². The summed E-state index contributed by atoms with van der Waals surface area (Å²) in [6.45, 7) is 5.20. The number of hydrogen-bond donors (Lipinski definition) is 1. The molecule has 7 heteroatoms. The van der Waals surface area contributed by atoms with Crippen molar-refractivity contribution >= 4 is 5.91 Å². The van der Waals surface area contributed by atoms with E-state index in [4.69, 9.17) is 10.00 Å². The van der Waals surface area contributed by atoms with Crippen molar-refractivity contribution in [3.63, 3.8) is 0 Å². The molecule has 176 valence electrons. The molecule has 7 nitrogen and oxygen atoms in total. The molecule has 1 saturated heterocycles. The van der Waals surface area contributed by atoms with Gasteiger partial charge in [-0.15, -0.1) is 0 Å². The second-order valence-corrected chi connectivity index (χ2v) is 8.91. The average molecular weight is 458 g/mol. The van der Waals surface area contributed by atoms with E-state index in [1.165, 1.54) is 5.56 Å². The SMILES string of the molecule is COc1cccc(CN2CCCC(C(=O)N[C@@H](C)c3cncn3Cc3ccc(C#N)cc3)C2)c1.